The van der Waals surface area contributed by atoms with Crippen molar-refractivity contribution in [1.82, 2.24) is 19.4 Å². The first-order valence-electron chi connectivity index (χ1n) is 12.4. The van der Waals surface area contributed by atoms with Crippen LogP contribution in [-0.4, -0.2) is 51.5 Å². The number of halogens is 1. The average molecular weight is 492 g/mol. The fourth-order valence-electron chi connectivity index (χ4n) is 4.95. The highest BCUT2D eigenvalue weighted by Gasteiger charge is 2.27. The standard InChI is InChI=1S/C30H26FN5O/c1-21-11-13-23(14-12-21)36-19-25(22-7-3-2-4-8-22)27-28(32-20-33-29(27)36)34-15-17-35(18-16-34)30(37)24-9-5-6-10-26(24)31/h2-14,19-20H,15-18H2,1H3. The molecule has 37 heavy (non-hydrogen) atoms. The molecule has 1 fully saturated rings. The van der Waals surface area contributed by atoms with Crippen molar-refractivity contribution in [3.63, 3.8) is 0 Å². The number of anilines is 1. The van der Waals surface area contributed by atoms with E-state index in [1.165, 1.54) is 17.7 Å². The minimum absolute atomic E-state index is 0.113. The first kappa shape index (κ1) is 22.9. The van der Waals surface area contributed by atoms with Crippen LogP contribution in [0.15, 0.2) is 91.4 Å². The third-order valence-electron chi connectivity index (χ3n) is 6.93. The first-order chi connectivity index (χ1) is 18.1. The normalized spacial score (nSPS) is 13.8. The minimum Gasteiger partial charge on any atom is -0.352 e. The quantitative estimate of drug-likeness (QED) is 0.333. The van der Waals surface area contributed by atoms with Crippen LogP contribution in [-0.2, 0) is 0 Å². The summed E-state index contributed by atoms with van der Waals surface area (Å²) in [5, 5.41) is 0.975. The van der Waals surface area contributed by atoms with Gasteiger partial charge in [0.1, 0.15) is 18.0 Å². The fourth-order valence-corrected chi connectivity index (χ4v) is 4.95. The Morgan fingerprint density at radius 2 is 1.54 bits per heavy atom. The Hall–Kier alpha value is -4.52. The molecule has 1 aliphatic heterocycles. The molecule has 7 heteroatoms. The summed E-state index contributed by atoms with van der Waals surface area (Å²) >= 11 is 0. The number of hydrogen-bond donors (Lipinski definition) is 0. The first-order valence-corrected chi connectivity index (χ1v) is 12.4. The Bertz CT molecular complexity index is 1570. The molecule has 1 amide bonds. The van der Waals surface area contributed by atoms with E-state index in [4.69, 9.17) is 9.97 Å². The van der Waals surface area contributed by atoms with Gasteiger partial charge < -0.3 is 14.4 Å². The van der Waals surface area contributed by atoms with E-state index >= 15 is 0 Å². The lowest BCUT2D eigenvalue weighted by atomic mass is 10.1. The molecule has 0 aliphatic carbocycles. The highest BCUT2D eigenvalue weighted by Crippen LogP contribution is 2.37. The van der Waals surface area contributed by atoms with Gasteiger partial charge >= 0.3 is 0 Å². The molecule has 1 aliphatic rings. The minimum atomic E-state index is -0.489. The summed E-state index contributed by atoms with van der Waals surface area (Å²) in [6.45, 7) is 4.23. The summed E-state index contributed by atoms with van der Waals surface area (Å²) in [4.78, 5) is 26.3. The maximum Gasteiger partial charge on any atom is 0.256 e. The van der Waals surface area contributed by atoms with Crippen LogP contribution in [0, 0.1) is 12.7 Å². The zero-order valence-corrected chi connectivity index (χ0v) is 20.5. The number of hydrogen-bond acceptors (Lipinski definition) is 4. The number of piperazine rings is 1. The zero-order chi connectivity index (χ0) is 25.4. The lowest BCUT2D eigenvalue weighted by Crippen LogP contribution is -2.49. The number of amides is 1. The molecule has 5 aromatic rings. The lowest BCUT2D eigenvalue weighted by Gasteiger charge is -2.35. The molecule has 1 saturated heterocycles. The number of aryl methyl sites for hydroxylation is 1. The van der Waals surface area contributed by atoms with E-state index in [1.807, 2.05) is 18.2 Å². The summed E-state index contributed by atoms with van der Waals surface area (Å²) in [5.74, 6) is 0.0752. The van der Waals surface area contributed by atoms with E-state index in [1.54, 1.807) is 23.4 Å². The number of aromatic nitrogens is 3. The molecule has 0 N–H and O–H groups in total. The van der Waals surface area contributed by atoms with E-state index in [-0.39, 0.29) is 11.5 Å². The van der Waals surface area contributed by atoms with E-state index in [9.17, 15) is 9.18 Å². The predicted octanol–water partition coefficient (Wildman–Crippen LogP) is 5.50. The molecule has 2 aromatic heterocycles. The van der Waals surface area contributed by atoms with E-state index in [0.717, 1.165) is 33.7 Å². The fraction of sp³-hybridized carbons (Fsp3) is 0.167. The monoisotopic (exact) mass is 491 g/mol. The Morgan fingerprint density at radius 3 is 2.27 bits per heavy atom. The van der Waals surface area contributed by atoms with E-state index in [2.05, 4.69) is 59.0 Å². The van der Waals surface area contributed by atoms with Crippen molar-refractivity contribution in [2.45, 2.75) is 6.92 Å². The number of carbonyl (C=O) groups excluding carboxylic acids is 1. The SMILES string of the molecule is Cc1ccc(-n2cc(-c3ccccc3)c3c(N4CCN(C(=O)c5ccccc5F)CC4)ncnc32)cc1. The molecule has 184 valence electrons. The van der Waals surface area contributed by atoms with Crippen LogP contribution >= 0.6 is 0 Å². The molecular weight excluding hydrogens is 465 g/mol. The van der Waals surface area contributed by atoms with Gasteiger partial charge in [-0.2, -0.15) is 0 Å². The average Bonchev–Trinajstić information content (AvgIpc) is 3.34. The van der Waals surface area contributed by atoms with Gasteiger partial charge in [-0.25, -0.2) is 14.4 Å². The Morgan fingerprint density at radius 1 is 0.838 bits per heavy atom. The smallest absolute Gasteiger partial charge is 0.256 e. The number of nitrogens with zero attached hydrogens (tertiary/aromatic N) is 5. The molecule has 0 saturated carbocycles. The van der Waals surface area contributed by atoms with Crippen molar-refractivity contribution in [1.29, 1.82) is 0 Å². The van der Waals surface area contributed by atoms with Crippen LogP contribution in [0.4, 0.5) is 10.2 Å². The van der Waals surface area contributed by atoms with Crippen LogP contribution in [0.2, 0.25) is 0 Å². The molecule has 6 nitrogen and oxygen atoms in total. The summed E-state index contributed by atoms with van der Waals surface area (Å²) in [6.07, 6.45) is 3.73. The molecule has 6 rings (SSSR count). The van der Waals surface area contributed by atoms with Gasteiger partial charge in [0.05, 0.1) is 10.9 Å². The molecule has 3 aromatic carbocycles. The Balaban J connectivity index is 1.38. The lowest BCUT2D eigenvalue weighted by molar-refractivity contribution is 0.0742. The second-order valence-corrected chi connectivity index (χ2v) is 9.27. The summed E-state index contributed by atoms with van der Waals surface area (Å²) in [5.41, 5.74) is 5.31. The molecular formula is C30H26FN5O. The van der Waals surface area contributed by atoms with Crippen molar-refractivity contribution in [2.75, 3.05) is 31.1 Å². The Kier molecular flexibility index (Phi) is 5.88. The maximum atomic E-state index is 14.2. The molecule has 0 unspecified atom stereocenters. The highest BCUT2D eigenvalue weighted by molar-refractivity contribution is 6.02. The van der Waals surface area contributed by atoms with Crippen molar-refractivity contribution in [3.8, 4) is 16.8 Å². The zero-order valence-electron chi connectivity index (χ0n) is 20.5. The van der Waals surface area contributed by atoms with Crippen LogP contribution in [0.1, 0.15) is 15.9 Å². The predicted molar refractivity (Wildman–Crippen MR) is 144 cm³/mol. The summed E-state index contributed by atoms with van der Waals surface area (Å²) in [7, 11) is 0. The van der Waals surface area contributed by atoms with Gasteiger partial charge in [0, 0.05) is 43.6 Å². The van der Waals surface area contributed by atoms with Crippen molar-refractivity contribution in [2.24, 2.45) is 0 Å². The van der Waals surface area contributed by atoms with Gasteiger partial charge in [0.2, 0.25) is 0 Å². The third kappa shape index (κ3) is 4.22. The van der Waals surface area contributed by atoms with Gasteiger partial charge in [-0.05, 0) is 36.8 Å². The second-order valence-electron chi connectivity index (χ2n) is 9.27. The van der Waals surface area contributed by atoms with Crippen LogP contribution in [0.3, 0.4) is 0 Å². The van der Waals surface area contributed by atoms with E-state index < -0.39 is 5.82 Å². The molecule has 0 radical (unpaired) electrons. The van der Waals surface area contributed by atoms with Gasteiger partial charge in [-0.15, -0.1) is 0 Å². The number of benzene rings is 3. The highest BCUT2D eigenvalue weighted by atomic mass is 19.1. The van der Waals surface area contributed by atoms with Crippen LogP contribution in [0.25, 0.3) is 27.8 Å². The molecule has 3 heterocycles. The van der Waals surface area contributed by atoms with E-state index in [0.29, 0.717) is 26.2 Å². The van der Waals surface area contributed by atoms with Gasteiger partial charge in [-0.3, -0.25) is 4.79 Å². The largest absolute Gasteiger partial charge is 0.352 e. The van der Waals surface area contributed by atoms with Crippen LogP contribution < -0.4 is 4.90 Å². The van der Waals surface area contributed by atoms with Crippen molar-refractivity contribution >= 4 is 22.8 Å². The number of rotatable bonds is 4. The number of carbonyl (C=O) groups is 1. The van der Waals surface area contributed by atoms with Gasteiger partial charge in [0.15, 0.2) is 5.65 Å². The molecule has 0 atom stereocenters. The summed E-state index contributed by atoms with van der Waals surface area (Å²) < 4.78 is 16.3. The molecule has 0 bridgehead atoms. The third-order valence-corrected chi connectivity index (χ3v) is 6.93. The number of fused-ring (bicyclic) bond motifs is 1. The second kappa shape index (κ2) is 9.50. The Labute approximate surface area is 214 Å². The topological polar surface area (TPSA) is 54.3 Å². The maximum absolute atomic E-state index is 14.2. The van der Waals surface area contributed by atoms with Crippen LogP contribution in [0.5, 0.6) is 0 Å². The van der Waals surface area contributed by atoms with Gasteiger partial charge in [-0.1, -0.05) is 60.2 Å². The molecule has 0 spiro atoms. The van der Waals surface area contributed by atoms with Gasteiger partial charge in [0.25, 0.3) is 5.91 Å². The van der Waals surface area contributed by atoms with Crippen molar-refractivity contribution < 1.29 is 9.18 Å². The summed E-state index contributed by atoms with van der Waals surface area (Å²) in [6, 6.07) is 24.8. The van der Waals surface area contributed by atoms with Crippen molar-refractivity contribution in [3.05, 3.63) is 108 Å².